The van der Waals surface area contributed by atoms with Gasteiger partial charge in [-0.2, -0.15) is 5.26 Å². The second-order valence-corrected chi connectivity index (χ2v) is 10.6. The number of alkyl halides is 3. The van der Waals surface area contributed by atoms with E-state index in [0.29, 0.717) is 42.4 Å². The van der Waals surface area contributed by atoms with Gasteiger partial charge in [0.1, 0.15) is 23.3 Å². The van der Waals surface area contributed by atoms with E-state index in [4.69, 9.17) is 4.74 Å². The lowest BCUT2D eigenvalue weighted by Gasteiger charge is -2.41. The topological polar surface area (TPSA) is 83.6 Å². The molecule has 228 valence electrons. The van der Waals surface area contributed by atoms with Gasteiger partial charge in [0, 0.05) is 43.6 Å². The lowest BCUT2D eigenvalue weighted by atomic mass is 10.0. The summed E-state index contributed by atoms with van der Waals surface area (Å²) >= 11 is 0. The van der Waals surface area contributed by atoms with Gasteiger partial charge in [0.2, 0.25) is 5.91 Å². The van der Waals surface area contributed by atoms with Gasteiger partial charge >= 0.3 is 6.36 Å². The lowest BCUT2D eigenvalue weighted by Crippen LogP contribution is -2.56. The maximum atomic E-state index is 13.3. The monoisotopic (exact) mass is 603 g/mol. The summed E-state index contributed by atoms with van der Waals surface area (Å²) in [4.78, 5) is 21.4. The molecule has 44 heavy (non-hydrogen) atoms. The minimum absolute atomic E-state index is 0.0102. The van der Waals surface area contributed by atoms with Crippen molar-refractivity contribution >= 4 is 11.6 Å². The number of halogens is 3. The number of nitrogens with zero attached hydrogens (tertiary/aromatic N) is 5. The van der Waals surface area contributed by atoms with Gasteiger partial charge in [-0.25, -0.2) is 4.98 Å². The van der Waals surface area contributed by atoms with Gasteiger partial charge in [0.25, 0.3) is 0 Å². The number of carbonyl (C=O) groups is 1. The summed E-state index contributed by atoms with van der Waals surface area (Å²) in [5, 5.41) is 9.59. The second kappa shape index (κ2) is 13.7. The van der Waals surface area contributed by atoms with Crippen molar-refractivity contribution in [3.8, 4) is 23.3 Å². The van der Waals surface area contributed by atoms with Crippen LogP contribution in [0.15, 0.2) is 85.3 Å². The fraction of sp³-hybridized carbons (Fsp3) is 0.303. The predicted octanol–water partition coefficient (Wildman–Crippen LogP) is 6.90. The third-order valence-corrected chi connectivity index (χ3v) is 7.46. The standard InChI is InChI=1S/C33H32F3N5O3/c1-2-3-8-27-21-41(26-9-7-12-30(16-26)44-33(34,35)36)32(42)22-39(27)20-28-18-38-23-40(28)19-24-13-14-25(17-37)31(15-24)43-29-10-5-4-6-11-29/h4-7,9-16,18,23,27H,2-3,8,19-22H2,1H3. The molecule has 0 aliphatic carbocycles. The number of hydrogen-bond donors (Lipinski definition) is 0. The van der Waals surface area contributed by atoms with E-state index in [1.54, 1.807) is 29.6 Å². The summed E-state index contributed by atoms with van der Waals surface area (Å²) in [5.74, 6) is 0.525. The third kappa shape index (κ3) is 7.76. The van der Waals surface area contributed by atoms with Gasteiger partial charge < -0.3 is 18.9 Å². The van der Waals surface area contributed by atoms with E-state index in [2.05, 4.69) is 27.6 Å². The molecule has 1 aromatic heterocycles. The number of carbonyl (C=O) groups excluding carboxylic acids is 1. The zero-order valence-electron chi connectivity index (χ0n) is 24.2. The van der Waals surface area contributed by atoms with Gasteiger partial charge in [0.15, 0.2) is 0 Å². The van der Waals surface area contributed by atoms with Crippen LogP contribution < -0.4 is 14.4 Å². The number of unbranched alkanes of at least 4 members (excludes halogenated alkanes) is 1. The zero-order chi connectivity index (χ0) is 31.1. The molecule has 1 amide bonds. The molecule has 0 spiro atoms. The van der Waals surface area contributed by atoms with Crippen LogP contribution in [0.5, 0.6) is 17.2 Å². The molecule has 1 aliphatic rings. The molecule has 0 bridgehead atoms. The highest BCUT2D eigenvalue weighted by molar-refractivity contribution is 5.95. The molecule has 2 heterocycles. The van der Waals surface area contributed by atoms with E-state index in [-0.39, 0.29) is 24.2 Å². The minimum atomic E-state index is -4.82. The van der Waals surface area contributed by atoms with Crippen molar-refractivity contribution in [3.63, 3.8) is 0 Å². The molecule has 0 saturated carbocycles. The van der Waals surface area contributed by atoms with Crippen LogP contribution in [0.2, 0.25) is 0 Å². The molecule has 1 atom stereocenters. The molecule has 4 aromatic rings. The van der Waals surface area contributed by atoms with Crippen molar-refractivity contribution in [1.29, 1.82) is 5.26 Å². The quantitative estimate of drug-likeness (QED) is 0.185. The van der Waals surface area contributed by atoms with Crippen molar-refractivity contribution in [2.75, 3.05) is 18.0 Å². The molecule has 1 saturated heterocycles. The Hall–Kier alpha value is -4.82. The van der Waals surface area contributed by atoms with Gasteiger partial charge in [-0.3, -0.25) is 9.69 Å². The molecule has 8 nitrogen and oxygen atoms in total. The van der Waals surface area contributed by atoms with Crippen LogP contribution in [0, 0.1) is 11.3 Å². The van der Waals surface area contributed by atoms with E-state index in [1.165, 1.54) is 18.2 Å². The van der Waals surface area contributed by atoms with Crippen LogP contribution in [0.25, 0.3) is 0 Å². The molecular formula is C33H32F3N5O3. The highest BCUT2D eigenvalue weighted by Crippen LogP contribution is 2.30. The highest BCUT2D eigenvalue weighted by Gasteiger charge is 2.34. The lowest BCUT2D eigenvalue weighted by molar-refractivity contribution is -0.274. The minimum Gasteiger partial charge on any atom is -0.456 e. The summed E-state index contributed by atoms with van der Waals surface area (Å²) in [5.41, 5.74) is 2.62. The number of imidazole rings is 1. The predicted molar refractivity (Wildman–Crippen MR) is 158 cm³/mol. The van der Waals surface area contributed by atoms with E-state index in [9.17, 15) is 23.2 Å². The summed E-state index contributed by atoms with van der Waals surface area (Å²) in [6.07, 6.45) is 1.42. The average molecular weight is 604 g/mol. The largest absolute Gasteiger partial charge is 0.573 e. The maximum absolute atomic E-state index is 13.3. The average Bonchev–Trinajstić information content (AvgIpc) is 3.43. The Labute approximate surface area is 253 Å². The first-order chi connectivity index (χ1) is 21.2. The number of rotatable bonds is 11. The fourth-order valence-electron chi connectivity index (χ4n) is 5.30. The van der Waals surface area contributed by atoms with Crippen LogP contribution in [-0.2, 0) is 17.9 Å². The van der Waals surface area contributed by atoms with E-state index < -0.39 is 6.36 Å². The molecule has 11 heteroatoms. The zero-order valence-corrected chi connectivity index (χ0v) is 24.2. The Morgan fingerprint density at radius 3 is 2.57 bits per heavy atom. The first kappa shape index (κ1) is 30.6. The number of aromatic nitrogens is 2. The second-order valence-electron chi connectivity index (χ2n) is 10.6. The number of hydrogen-bond acceptors (Lipinski definition) is 6. The number of anilines is 1. The molecule has 1 aliphatic heterocycles. The molecule has 5 rings (SSSR count). The number of piperazine rings is 1. The fourth-order valence-corrected chi connectivity index (χ4v) is 5.30. The molecule has 0 radical (unpaired) electrons. The number of ether oxygens (including phenoxy) is 2. The normalized spacial score (nSPS) is 15.7. The van der Waals surface area contributed by atoms with E-state index in [1.807, 2.05) is 47.0 Å². The van der Waals surface area contributed by atoms with Crippen LogP contribution in [0.3, 0.4) is 0 Å². The summed E-state index contributed by atoms with van der Waals surface area (Å²) in [7, 11) is 0. The Balaban J connectivity index is 1.32. The number of nitriles is 1. The molecule has 1 fully saturated rings. The molecule has 1 unspecified atom stereocenters. The Morgan fingerprint density at radius 1 is 1.02 bits per heavy atom. The van der Waals surface area contributed by atoms with Crippen molar-refractivity contribution in [2.45, 2.75) is 51.7 Å². The molecule has 0 N–H and O–H groups in total. The van der Waals surface area contributed by atoms with Gasteiger partial charge in [-0.1, -0.05) is 50.1 Å². The number of para-hydroxylation sites is 1. The van der Waals surface area contributed by atoms with Crippen LogP contribution in [0.4, 0.5) is 18.9 Å². The first-order valence-electron chi connectivity index (χ1n) is 14.4. The van der Waals surface area contributed by atoms with Crippen molar-refractivity contribution in [1.82, 2.24) is 14.5 Å². The van der Waals surface area contributed by atoms with Gasteiger partial charge in [-0.15, -0.1) is 13.2 Å². The summed E-state index contributed by atoms with van der Waals surface area (Å²) < 4.78 is 50.5. The Bertz CT molecular complexity index is 1620. The van der Waals surface area contributed by atoms with Crippen molar-refractivity contribution < 1.29 is 27.4 Å². The van der Waals surface area contributed by atoms with Crippen LogP contribution in [-0.4, -0.2) is 45.9 Å². The van der Waals surface area contributed by atoms with Crippen LogP contribution >= 0.6 is 0 Å². The Kier molecular flexibility index (Phi) is 9.50. The summed E-state index contributed by atoms with van der Waals surface area (Å²) in [6.45, 7) is 3.49. The van der Waals surface area contributed by atoms with Crippen molar-refractivity contribution in [3.05, 3.63) is 102 Å². The molecule has 3 aromatic carbocycles. The SMILES string of the molecule is CCCCC1CN(c2cccc(OC(F)(F)F)c2)C(=O)CN1Cc1cncn1Cc1ccc(C#N)c(Oc2ccccc2)c1. The van der Waals surface area contributed by atoms with Crippen LogP contribution in [0.1, 0.15) is 43.0 Å². The van der Waals surface area contributed by atoms with E-state index >= 15 is 0 Å². The smallest absolute Gasteiger partial charge is 0.456 e. The van der Waals surface area contributed by atoms with Crippen molar-refractivity contribution in [2.24, 2.45) is 0 Å². The first-order valence-corrected chi connectivity index (χ1v) is 14.4. The Morgan fingerprint density at radius 2 is 1.82 bits per heavy atom. The third-order valence-electron chi connectivity index (χ3n) is 7.46. The summed E-state index contributed by atoms with van der Waals surface area (Å²) in [6, 6.07) is 22.4. The van der Waals surface area contributed by atoms with Gasteiger partial charge in [-0.05, 0) is 48.4 Å². The number of benzene rings is 3. The molecular weight excluding hydrogens is 571 g/mol. The highest BCUT2D eigenvalue weighted by atomic mass is 19.4. The van der Waals surface area contributed by atoms with E-state index in [0.717, 1.165) is 30.5 Å². The number of amides is 1. The van der Waals surface area contributed by atoms with Gasteiger partial charge in [0.05, 0.1) is 24.1 Å². The maximum Gasteiger partial charge on any atom is 0.573 e.